The van der Waals surface area contributed by atoms with E-state index in [1.165, 1.54) is 0 Å². The molecule has 4 nitrogen and oxygen atoms in total. The van der Waals surface area contributed by atoms with E-state index in [4.69, 9.17) is 21.1 Å². The molecule has 2 aliphatic heterocycles. The Morgan fingerprint density at radius 3 is 3.19 bits per heavy atom. The molecule has 1 atom stereocenters. The summed E-state index contributed by atoms with van der Waals surface area (Å²) in [6, 6.07) is 5.48. The fraction of sp³-hybridized carbons (Fsp3) is 0.364. The molecule has 16 heavy (non-hydrogen) atoms. The summed E-state index contributed by atoms with van der Waals surface area (Å²) in [5, 5.41) is 3.75. The van der Waals surface area contributed by atoms with Crippen molar-refractivity contribution in [3.8, 4) is 11.5 Å². The summed E-state index contributed by atoms with van der Waals surface area (Å²) in [6.45, 7) is 2.13. The monoisotopic (exact) mass is 238 g/mol. The Labute approximate surface area is 98.2 Å². The number of amidine groups is 1. The number of nitrogens with one attached hydrogen (secondary N) is 1. The summed E-state index contributed by atoms with van der Waals surface area (Å²) >= 11 is 6.05. The van der Waals surface area contributed by atoms with Crippen LogP contribution in [-0.2, 0) is 0 Å². The highest BCUT2D eigenvalue weighted by Gasteiger charge is 2.28. The van der Waals surface area contributed by atoms with Gasteiger partial charge in [-0.25, -0.2) is 0 Å². The normalized spacial score (nSPS) is 22.6. The summed E-state index contributed by atoms with van der Waals surface area (Å²) in [5.41, 5.74) is 0. The molecule has 0 spiro atoms. The van der Waals surface area contributed by atoms with Gasteiger partial charge >= 0.3 is 0 Å². The van der Waals surface area contributed by atoms with Gasteiger partial charge in [-0.3, -0.25) is 4.99 Å². The van der Waals surface area contributed by atoms with Gasteiger partial charge in [-0.2, -0.15) is 0 Å². The van der Waals surface area contributed by atoms with Gasteiger partial charge in [-0.15, -0.1) is 0 Å². The van der Waals surface area contributed by atoms with Crippen molar-refractivity contribution in [2.75, 3.05) is 19.7 Å². The summed E-state index contributed by atoms with van der Waals surface area (Å²) in [5.74, 6) is 2.16. The quantitative estimate of drug-likeness (QED) is 0.806. The van der Waals surface area contributed by atoms with Crippen LogP contribution >= 0.6 is 11.6 Å². The Bertz CT molecular complexity index is 448. The zero-order valence-electron chi connectivity index (χ0n) is 8.57. The van der Waals surface area contributed by atoms with Crippen LogP contribution in [-0.4, -0.2) is 31.6 Å². The standard InChI is InChI=1S/C11H11ClN2O2/c12-7-2-1-3-8-10(7)16-9(6-15-8)11-13-4-5-14-11/h1-3,9H,4-6H2,(H,13,14). The van der Waals surface area contributed by atoms with Crippen molar-refractivity contribution in [3.05, 3.63) is 23.2 Å². The van der Waals surface area contributed by atoms with Crippen LogP contribution in [0.15, 0.2) is 23.2 Å². The molecule has 0 saturated carbocycles. The van der Waals surface area contributed by atoms with Gasteiger partial charge in [0.05, 0.1) is 11.6 Å². The van der Waals surface area contributed by atoms with Gasteiger partial charge in [0.1, 0.15) is 12.4 Å². The van der Waals surface area contributed by atoms with Crippen LogP contribution in [0.3, 0.4) is 0 Å². The van der Waals surface area contributed by atoms with Crippen LogP contribution in [0.4, 0.5) is 0 Å². The van der Waals surface area contributed by atoms with Crippen molar-refractivity contribution in [2.45, 2.75) is 6.10 Å². The second-order valence-corrected chi connectivity index (χ2v) is 4.09. The van der Waals surface area contributed by atoms with Gasteiger partial charge in [0, 0.05) is 6.54 Å². The minimum atomic E-state index is -0.171. The largest absolute Gasteiger partial charge is 0.485 e. The van der Waals surface area contributed by atoms with Crippen LogP contribution < -0.4 is 14.8 Å². The van der Waals surface area contributed by atoms with Crippen LogP contribution in [0.25, 0.3) is 0 Å². The lowest BCUT2D eigenvalue weighted by Gasteiger charge is -2.27. The Morgan fingerprint density at radius 1 is 1.44 bits per heavy atom. The Balaban J connectivity index is 1.88. The number of fused-ring (bicyclic) bond motifs is 1. The summed E-state index contributed by atoms with van der Waals surface area (Å²) in [6.07, 6.45) is -0.171. The first-order chi connectivity index (χ1) is 7.84. The van der Waals surface area contributed by atoms with E-state index >= 15 is 0 Å². The molecule has 2 aliphatic rings. The Morgan fingerprint density at radius 2 is 2.38 bits per heavy atom. The number of para-hydroxylation sites is 1. The minimum Gasteiger partial charge on any atom is -0.485 e. The third-order valence-corrected chi connectivity index (χ3v) is 2.88. The SMILES string of the molecule is Clc1cccc2c1OC(C1=NCCN1)CO2. The van der Waals surface area contributed by atoms with Crippen molar-refractivity contribution in [1.82, 2.24) is 5.32 Å². The fourth-order valence-corrected chi connectivity index (χ4v) is 2.04. The summed E-state index contributed by atoms with van der Waals surface area (Å²) in [7, 11) is 0. The molecule has 2 heterocycles. The second kappa shape index (κ2) is 3.87. The van der Waals surface area contributed by atoms with Crippen molar-refractivity contribution < 1.29 is 9.47 Å². The van der Waals surface area contributed by atoms with Crippen LogP contribution in [0.2, 0.25) is 5.02 Å². The Hall–Kier alpha value is -1.42. The topological polar surface area (TPSA) is 42.8 Å². The molecule has 1 aromatic rings. The highest BCUT2D eigenvalue weighted by atomic mass is 35.5. The molecule has 84 valence electrons. The molecule has 0 bridgehead atoms. The molecule has 1 aromatic carbocycles. The van der Waals surface area contributed by atoms with Gasteiger partial charge in [-0.1, -0.05) is 17.7 Å². The van der Waals surface area contributed by atoms with Crippen molar-refractivity contribution in [1.29, 1.82) is 0 Å². The number of hydrogen-bond acceptors (Lipinski definition) is 4. The van der Waals surface area contributed by atoms with E-state index in [1.807, 2.05) is 12.1 Å². The van der Waals surface area contributed by atoms with Gasteiger partial charge in [0.15, 0.2) is 17.6 Å². The number of nitrogens with zero attached hydrogens (tertiary/aromatic N) is 1. The maximum Gasteiger partial charge on any atom is 0.189 e. The predicted molar refractivity (Wildman–Crippen MR) is 61.7 cm³/mol. The molecule has 0 saturated heterocycles. The fourth-order valence-electron chi connectivity index (χ4n) is 1.83. The first-order valence-corrected chi connectivity index (χ1v) is 5.58. The zero-order valence-corrected chi connectivity index (χ0v) is 9.33. The zero-order chi connectivity index (χ0) is 11.0. The second-order valence-electron chi connectivity index (χ2n) is 3.68. The van der Waals surface area contributed by atoms with E-state index in [0.29, 0.717) is 23.1 Å². The van der Waals surface area contributed by atoms with E-state index in [-0.39, 0.29) is 6.10 Å². The molecule has 5 heteroatoms. The Kier molecular flexibility index (Phi) is 2.36. The van der Waals surface area contributed by atoms with E-state index in [2.05, 4.69) is 10.3 Å². The lowest BCUT2D eigenvalue weighted by atomic mass is 10.2. The maximum absolute atomic E-state index is 6.05. The van der Waals surface area contributed by atoms with Crippen molar-refractivity contribution >= 4 is 17.4 Å². The highest BCUT2D eigenvalue weighted by molar-refractivity contribution is 6.32. The maximum atomic E-state index is 6.05. The lowest BCUT2D eigenvalue weighted by Crippen LogP contribution is -2.42. The molecular weight excluding hydrogens is 228 g/mol. The van der Waals surface area contributed by atoms with E-state index < -0.39 is 0 Å². The van der Waals surface area contributed by atoms with Crippen LogP contribution in [0.5, 0.6) is 11.5 Å². The first-order valence-electron chi connectivity index (χ1n) is 5.21. The van der Waals surface area contributed by atoms with Gasteiger partial charge in [-0.05, 0) is 12.1 Å². The summed E-state index contributed by atoms with van der Waals surface area (Å²) < 4.78 is 11.4. The van der Waals surface area contributed by atoms with Crippen molar-refractivity contribution in [3.63, 3.8) is 0 Å². The van der Waals surface area contributed by atoms with E-state index in [0.717, 1.165) is 18.9 Å². The number of halogens is 1. The minimum absolute atomic E-state index is 0.171. The average molecular weight is 239 g/mol. The molecule has 0 amide bonds. The number of ether oxygens (including phenoxy) is 2. The first kappa shape index (κ1) is 9.78. The number of aliphatic imine (C=N–C) groups is 1. The molecule has 1 N–H and O–H groups in total. The smallest absolute Gasteiger partial charge is 0.189 e. The molecule has 0 fully saturated rings. The molecule has 0 aliphatic carbocycles. The van der Waals surface area contributed by atoms with Crippen LogP contribution in [0, 0.1) is 0 Å². The lowest BCUT2D eigenvalue weighted by molar-refractivity contribution is 0.133. The molecule has 1 unspecified atom stereocenters. The van der Waals surface area contributed by atoms with Gasteiger partial charge in [0.2, 0.25) is 0 Å². The number of rotatable bonds is 1. The third-order valence-electron chi connectivity index (χ3n) is 2.59. The van der Waals surface area contributed by atoms with Gasteiger partial charge < -0.3 is 14.8 Å². The predicted octanol–water partition coefficient (Wildman–Crippen LogP) is 1.48. The van der Waals surface area contributed by atoms with E-state index in [1.54, 1.807) is 6.07 Å². The summed E-state index contributed by atoms with van der Waals surface area (Å²) in [4.78, 5) is 4.32. The molecule has 0 radical (unpaired) electrons. The average Bonchev–Trinajstić information content (AvgIpc) is 2.83. The van der Waals surface area contributed by atoms with Crippen molar-refractivity contribution in [2.24, 2.45) is 4.99 Å². The number of benzene rings is 1. The van der Waals surface area contributed by atoms with Gasteiger partial charge in [0.25, 0.3) is 0 Å². The molecular formula is C11H11ClN2O2. The van der Waals surface area contributed by atoms with E-state index in [9.17, 15) is 0 Å². The molecule has 3 rings (SSSR count). The molecule has 0 aromatic heterocycles. The highest BCUT2D eigenvalue weighted by Crippen LogP contribution is 2.38. The van der Waals surface area contributed by atoms with Crippen LogP contribution in [0.1, 0.15) is 0 Å². The third kappa shape index (κ3) is 1.59. The number of hydrogen-bond donors (Lipinski definition) is 1.